The number of aromatic nitrogens is 2. The van der Waals surface area contributed by atoms with E-state index in [0.29, 0.717) is 17.9 Å². The Morgan fingerprint density at radius 3 is 2.52 bits per heavy atom. The Kier molecular flexibility index (Phi) is 4.53. The van der Waals surface area contributed by atoms with E-state index in [9.17, 15) is 9.18 Å². The minimum Gasteiger partial charge on any atom is -0.451 e. The van der Waals surface area contributed by atoms with Crippen LogP contribution in [0.5, 0.6) is 0 Å². The lowest BCUT2D eigenvalue weighted by Gasteiger charge is -2.06. The number of benzene rings is 2. The SMILES string of the molecule is O=C(NCc1ccc(-n2ccnc2)cc1)c1ccc(-c2ccc(F)cc2)o1. The van der Waals surface area contributed by atoms with Gasteiger partial charge in [0.2, 0.25) is 0 Å². The van der Waals surface area contributed by atoms with Crippen molar-refractivity contribution in [1.82, 2.24) is 14.9 Å². The summed E-state index contributed by atoms with van der Waals surface area (Å²) >= 11 is 0. The lowest BCUT2D eigenvalue weighted by Crippen LogP contribution is -2.22. The molecule has 0 radical (unpaired) electrons. The van der Waals surface area contributed by atoms with Crippen molar-refractivity contribution >= 4 is 5.91 Å². The average Bonchev–Trinajstić information content (AvgIpc) is 3.39. The number of hydrogen-bond donors (Lipinski definition) is 1. The van der Waals surface area contributed by atoms with Crippen LogP contribution in [-0.4, -0.2) is 15.5 Å². The molecule has 1 amide bonds. The van der Waals surface area contributed by atoms with Crippen LogP contribution in [0.15, 0.2) is 83.8 Å². The Morgan fingerprint density at radius 1 is 1.04 bits per heavy atom. The number of furan rings is 1. The second kappa shape index (κ2) is 7.29. The molecule has 0 unspecified atom stereocenters. The minimum atomic E-state index is -0.317. The summed E-state index contributed by atoms with van der Waals surface area (Å²) in [6.45, 7) is 0.385. The molecule has 4 aromatic rings. The van der Waals surface area contributed by atoms with Crippen molar-refractivity contribution in [3.05, 3.63) is 96.5 Å². The second-order valence-electron chi connectivity index (χ2n) is 5.99. The van der Waals surface area contributed by atoms with Crippen LogP contribution in [0.25, 0.3) is 17.0 Å². The van der Waals surface area contributed by atoms with E-state index in [0.717, 1.165) is 11.3 Å². The van der Waals surface area contributed by atoms with Gasteiger partial charge in [0, 0.05) is 30.2 Å². The molecule has 0 aliphatic carbocycles. The molecule has 5 nitrogen and oxygen atoms in total. The molecule has 2 heterocycles. The van der Waals surface area contributed by atoms with Gasteiger partial charge in [-0.25, -0.2) is 9.37 Å². The molecule has 134 valence electrons. The van der Waals surface area contributed by atoms with Gasteiger partial charge < -0.3 is 14.3 Å². The highest BCUT2D eigenvalue weighted by atomic mass is 19.1. The first-order valence-corrected chi connectivity index (χ1v) is 8.40. The summed E-state index contributed by atoms with van der Waals surface area (Å²) in [5.41, 5.74) is 2.68. The van der Waals surface area contributed by atoms with E-state index in [1.807, 2.05) is 35.0 Å². The normalized spacial score (nSPS) is 10.7. The van der Waals surface area contributed by atoms with Gasteiger partial charge in [0.1, 0.15) is 11.6 Å². The van der Waals surface area contributed by atoms with Crippen molar-refractivity contribution in [3.63, 3.8) is 0 Å². The molecule has 0 aliphatic rings. The number of halogens is 1. The van der Waals surface area contributed by atoms with E-state index >= 15 is 0 Å². The van der Waals surface area contributed by atoms with Crippen LogP contribution in [0, 0.1) is 5.82 Å². The lowest BCUT2D eigenvalue weighted by molar-refractivity contribution is 0.0924. The summed E-state index contributed by atoms with van der Waals surface area (Å²) in [4.78, 5) is 16.3. The van der Waals surface area contributed by atoms with Crippen molar-refractivity contribution < 1.29 is 13.6 Å². The van der Waals surface area contributed by atoms with E-state index in [4.69, 9.17) is 4.42 Å². The zero-order valence-corrected chi connectivity index (χ0v) is 14.3. The molecule has 0 fully saturated rings. The molecule has 4 rings (SSSR count). The molecule has 2 aromatic heterocycles. The molecule has 6 heteroatoms. The van der Waals surface area contributed by atoms with Crippen molar-refractivity contribution in [3.8, 4) is 17.0 Å². The Hall–Kier alpha value is -3.67. The zero-order chi connectivity index (χ0) is 18.6. The average molecular weight is 361 g/mol. The van der Waals surface area contributed by atoms with Crippen LogP contribution >= 0.6 is 0 Å². The molecule has 1 N–H and O–H groups in total. The van der Waals surface area contributed by atoms with Crippen LogP contribution in [0.3, 0.4) is 0 Å². The number of nitrogens with one attached hydrogen (secondary N) is 1. The number of carbonyl (C=O) groups is 1. The fourth-order valence-corrected chi connectivity index (χ4v) is 2.70. The number of rotatable bonds is 5. The molecule has 2 aromatic carbocycles. The van der Waals surface area contributed by atoms with Gasteiger partial charge in [-0.2, -0.15) is 0 Å². The molecule has 0 aliphatic heterocycles. The zero-order valence-electron chi connectivity index (χ0n) is 14.3. The molecule has 0 bridgehead atoms. The van der Waals surface area contributed by atoms with Gasteiger partial charge in [-0.05, 0) is 54.1 Å². The predicted molar refractivity (Wildman–Crippen MR) is 98.8 cm³/mol. The van der Waals surface area contributed by atoms with Crippen molar-refractivity contribution in [2.45, 2.75) is 6.54 Å². The third-order valence-corrected chi connectivity index (χ3v) is 4.15. The maximum Gasteiger partial charge on any atom is 0.287 e. The first-order valence-electron chi connectivity index (χ1n) is 8.40. The van der Waals surface area contributed by atoms with Crippen LogP contribution in [0.1, 0.15) is 16.1 Å². The molecular weight excluding hydrogens is 345 g/mol. The van der Waals surface area contributed by atoms with Gasteiger partial charge in [-0.3, -0.25) is 4.79 Å². The number of hydrogen-bond acceptors (Lipinski definition) is 3. The van der Waals surface area contributed by atoms with Crippen LogP contribution in [0.2, 0.25) is 0 Å². The maximum atomic E-state index is 13.0. The number of amides is 1. The van der Waals surface area contributed by atoms with E-state index < -0.39 is 0 Å². The quantitative estimate of drug-likeness (QED) is 0.579. The largest absolute Gasteiger partial charge is 0.451 e. The topological polar surface area (TPSA) is 60.1 Å². The Morgan fingerprint density at radius 2 is 1.81 bits per heavy atom. The highest BCUT2D eigenvalue weighted by Gasteiger charge is 2.12. The highest BCUT2D eigenvalue weighted by molar-refractivity contribution is 5.92. The van der Waals surface area contributed by atoms with Crippen molar-refractivity contribution in [2.75, 3.05) is 0 Å². The highest BCUT2D eigenvalue weighted by Crippen LogP contribution is 2.22. The Bertz CT molecular complexity index is 1040. The summed E-state index contributed by atoms with van der Waals surface area (Å²) in [5.74, 6) is 0.110. The predicted octanol–water partition coefficient (Wildman–Crippen LogP) is 4.20. The molecule has 27 heavy (non-hydrogen) atoms. The molecule has 0 saturated heterocycles. The second-order valence-corrected chi connectivity index (χ2v) is 5.99. The standard InChI is InChI=1S/C21H16FN3O2/c22-17-5-3-16(4-6-17)19-9-10-20(27-19)21(26)24-13-15-1-7-18(8-2-15)25-12-11-23-14-25/h1-12,14H,13H2,(H,24,26). The van der Waals surface area contributed by atoms with E-state index in [2.05, 4.69) is 10.3 Å². The van der Waals surface area contributed by atoms with E-state index in [1.165, 1.54) is 12.1 Å². The summed E-state index contributed by atoms with van der Waals surface area (Å²) in [5, 5.41) is 2.83. The van der Waals surface area contributed by atoms with E-state index in [-0.39, 0.29) is 17.5 Å². The smallest absolute Gasteiger partial charge is 0.287 e. The van der Waals surface area contributed by atoms with Crippen LogP contribution in [-0.2, 0) is 6.54 Å². The summed E-state index contributed by atoms with van der Waals surface area (Å²) in [6.07, 6.45) is 5.32. The molecule has 0 atom stereocenters. The number of carbonyl (C=O) groups excluding carboxylic acids is 1. The number of imidazole rings is 1. The third kappa shape index (κ3) is 3.79. The molecule has 0 saturated carbocycles. The Balaban J connectivity index is 1.39. The van der Waals surface area contributed by atoms with Crippen LogP contribution in [0.4, 0.5) is 4.39 Å². The lowest BCUT2D eigenvalue weighted by atomic mass is 10.2. The van der Waals surface area contributed by atoms with Crippen LogP contribution < -0.4 is 5.32 Å². The van der Waals surface area contributed by atoms with E-state index in [1.54, 1.807) is 36.8 Å². The van der Waals surface area contributed by atoms with Gasteiger partial charge in [-0.1, -0.05) is 12.1 Å². The fourth-order valence-electron chi connectivity index (χ4n) is 2.70. The van der Waals surface area contributed by atoms with Gasteiger partial charge >= 0.3 is 0 Å². The summed E-state index contributed by atoms with van der Waals surface area (Å²) < 4.78 is 20.5. The minimum absolute atomic E-state index is 0.212. The first kappa shape index (κ1) is 16.8. The monoisotopic (exact) mass is 361 g/mol. The van der Waals surface area contributed by atoms with Crippen molar-refractivity contribution in [2.24, 2.45) is 0 Å². The van der Waals surface area contributed by atoms with Gasteiger partial charge in [0.05, 0.1) is 6.33 Å². The van der Waals surface area contributed by atoms with Crippen molar-refractivity contribution in [1.29, 1.82) is 0 Å². The van der Waals surface area contributed by atoms with Gasteiger partial charge in [0.25, 0.3) is 5.91 Å². The first-order chi connectivity index (χ1) is 13.2. The number of nitrogens with zero attached hydrogens (tertiary/aromatic N) is 2. The van der Waals surface area contributed by atoms with Gasteiger partial charge in [-0.15, -0.1) is 0 Å². The van der Waals surface area contributed by atoms with Gasteiger partial charge in [0.15, 0.2) is 5.76 Å². The summed E-state index contributed by atoms with van der Waals surface area (Å²) in [6, 6.07) is 17.0. The Labute approximate surface area is 155 Å². The molecule has 0 spiro atoms. The summed E-state index contributed by atoms with van der Waals surface area (Å²) in [7, 11) is 0. The fraction of sp³-hybridized carbons (Fsp3) is 0.0476. The third-order valence-electron chi connectivity index (χ3n) is 4.15. The maximum absolute atomic E-state index is 13.0. The molecular formula is C21H16FN3O2.